The first-order valence-corrected chi connectivity index (χ1v) is 6.90. The molecule has 1 saturated carbocycles. The normalized spacial score (nSPS) is 30.4. The summed E-state index contributed by atoms with van der Waals surface area (Å²) in [6.07, 6.45) is 3.39. The molecule has 19 heavy (non-hydrogen) atoms. The summed E-state index contributed by atoms with van der Waals surface area (Å²) in [6.45, 7) is 1.55. The number of aliphatic carboxylic acids is 1. The molecule has 1 heterocycles. The van der Waals surface area contributed by atoms with Crippen LogP contribution in [0.5, 0.6) is 5.75 Å². The van der Waals surface area contributed by atoms with Gasteiger partial charge < -0.3 is 10.2 Å². The highest BCUT2D eigenvalue weighted by Crippen LogP contribution is 2.42. The molecule has 1 aliphatic heterocycles. The first-order valence-electron chi connectivity index (χ1n) is 6.90. The number of carbonyl (C=O) groups is 1. The van der Waals surface area contributed by atoms with Crippen molar-refractivity contribution in [3.05, 3.63) is 29.8 Å². The van der Waals surface area contributed by atoms with E-state index in [1.165, 1.54) is 12.8 Å². The van der Waals surface area contributed by atoms with Crippen molar-refractivity contribution in [3.63, 3.8) is 0 Å². The zero-order valence-electron chi connectivity index (χ0n) is 10.8. The fraction of sp³-hybridized carbons (Fsp3) is 0.533. The molecular weight excluding hydrogens is 242 g/mol. The minimum Gasteiger partial charge on any atom is -0.508 e. The Morgan fingerprint density at radius 2 is 2.00 bits per heavy atom. The van der Waals surface area contributed by atoms with Crippen LogP contribution in [0.2, 0.25) is 0 Å². The Hall–Kier alpha value is -1.55. The van der Waals surface area contributed by atoms with E-state index in [2.05, 4.69) is 4.90 Å². The summed E-state index contributed by atoms with van der Waals surface area (Å²) in [4.78, 5) is 13.6. The summed E-state index contributed by atoms with van der Waals surface area (Å²) in [7, 11) is 0. The number of phenols is 1. The Labute approximate surface area is 112 Å². The van der Waals surface area contributed by atoms with Crippen LogP contribution in [0.15, 0.2) is 24.3 Å². The molecule has 1 aliphatic carbocycles. The zero-order valence-corrected chi connectivity index (χ0v) is 10.8. The van der Waals surface area contributed by atoms with Gasteiger partial charge in [-0.05, 0) is 42.4 Å². The number of rotatable bonds is 3. The summed E-state index contributed by atoms with van der Waals surface area (Å²) in [6, 6.07) is 6.70. The summed E-state index contributed by atoms with van der Waals surface area (Å²) >= 11 is 0. The molecule has 3 unspecified atom stereocenters. The van der Waals surface area contributed by atoms with Gasteiger partial charge in [0.25, 0.3) is 0 Å². The van der Waals surface area contributed by atoms with Crippen LogP contribution in [-0.4, -0.2) is 33.7 Å². The van der Waals surface area contributed by atoms with Gasteiger partial charge in [-0.3, -0.25) is 9.69 Å². The van der Waals surface area contributed by atoms with Crippen LogP contribution in [0.4, 0.5) is 0 Å². The third kappa shape index (κ3) is 2.32. The highest BCUT2D eigenvalue weighted by Gasteiger charge is 2.47. The van der Waals surface area contributed by atoms with E-state index >= 15 is 0 Å². The molecule has 3 rings (SSSR count). The Balaban J connectivity index is 1.76. The molecule has 2 N–H and O–H groups in total. The maximum atomic E-state index is 11.5. The van der Waals surface area contributed by atoms with Gasteiger partial charge in [0.15, 0.2) is 0 Å². The standard InChI is InChI=1S/C15H19NO3/c17-12-6-4-10(5-7-12)8-16-9-11-2-1-3-13(11)14(16)15(18)19/h4-7,11,13-14,17H,1-3,8-9H2,(H,18,19). The first kappa shape index (κ1) is 12.5. The summed E-state index contributed by atoms with van der Waals surface area (Å²) < 4.78 is 0. The molecular formula is C15H19NO3. The van der Waals surface area contributed by atoms with Gasteiger partial charge in [-0.2, -0.15) is 0 Å². The van der Waals surface area contributed by atoms with E-state index < -0.39 is 5.97 Å². The largest absolute Gasteiger partial charge is 0.508 e. The van der Waals surface area contributed by atoms with Gasteiger partial charge in [0.1, 0.15) is 11.8 Å². The van der Waals surface area contributed by atoms with Crippen molar-refractivity contribution in [2.45, 2.75) is 31.8 Å². The van der Waals surface area contributed by atoms with Gasteiger partial charge in [0, 0.05) is 13.1 Å². The average Bonchev–Trinajstić information content (AvgIpc) is 2.91. The highest BCUT2D eigenvalue weighted by atomic mass is 16.4. The van der Waals surface area contributed by atoms with Crippen LogP contribution < -0.4 is 0 Å². The number of carboxylic acid groups (broad SMARTS) is 1. The summed E-state index contributed by atoms with van der Waals surface area (Å²) in [5.41, 5.74) is 1.06. The van der Waals surface area contributed by atoms with Gasteiger partial charge in [0.2, 0.25) is 0 Å². The monoisotopic (exact) mass is 261 g/mol. The Morgan fingerprint density at radius 3 is 2.68 bits per heavy atom. The van der Waals surface area contributed by atoms with E-state index in [0.717, 1.165) is 18.5 Å². The van der Waals surface area contributed by atoms with Crippen molar-refractivity contribution in [3.8, 4) is 5.75 Å². The number of likely N-dealkylation sites (tertiary alicyclic amines) is 1. The minimum absolute atomic E-state index is 0.247. The van der Waals surface area contributed by atoms with Crippen LogP contribution in [0.3, 0.4) is 0 Å². The fourth-order valence-corrected chi connectivity index (χ4v) is 3.73. The van der Waals surface area contributed by atoms with E-state index in [1.807, 2.05) is 12.1 Å². The SMILES string of the molecule is O=C(O)C1C2CCCC2CN1Cc1ccc(O)cc1. The number of phenolic OH excluding ortho intramolecular Hbond substituents is 1. The van der Waals surface area contributed by atoms with E-state index in [1.54, 1.807) is 12.1 Å². The van der Waals surface area contributed by atoms with Gasteiger partial charge in [-0.1, -0.05) is 18.6 Å². The van der Waals surface area contributed by atoms with E-state index in [0.29, 0.717) is 18.4 Å². The number of hydrogen-bond donors (Lipinski definition) is 2. The molecule has 102 valence electrons. The van der Waals surface area contributed by atoms with Crippen LogP contribution >= 0.6 is 0 Å². The third-order valence-electron chi connectivity index (χ3n) is 4.56. The molecule has 0 aromatic heterocycles. The summed E-state index contributed by atoms with van der Waals surface area (Å²) in [5.74, 6) is 0.442. The zero-order chi connectivity index (χ0) is 13.4. The number of aromatic hydroxyl groups is 1. The second-order valence-electron chi connectivity index (χ2n) is 5.73. The maximum absolute atomic E-state index is 11.5. The predicted molar refractivity (Wildman–Crippen MR) is 70.8 cm³/mol. The Kier molecular flexibility index (Phi) is 3.19. The van der Waals surface area contributed by atoms with Gasteiger partial charge in [-0.25, -0.2) is 0 Å². The maximum Gasteiger partial charge on any atom is 0.321 e. The van der Waals surface area contributed by atoms with Crippen molar-refractivity contribution in [1.29, 1.82) is 0 Å². The molecule has 0 radical (unpaired) electrons. The second kappa shape index (κ2) is 4.85. The molecule has 1 aromatic carbocycles. The van der Waals surface area contributed by atoms with Crippen LogP contribution in [-0.2, 0) is 11.3 Å². The molecule has 0 spiro atoms. The fourth-order valence-electron chi connectivity index (χ4n) is 3.73. The van der Waals surface area contributed by atoms with E-state index in [-0.39, 0.29) is 11.8 Å². The number of nitrogens with zero attached hydrogens (tertiary/aromatic N) is 1. The molecule has 2 fully saturated rings. The number of fused-ring (bicyclic) bond motifs is 1. The van der Waals surface area contributed by atoms with Crippen molar-refractivity contribution >= 4 is 5.97 Å². The number of hydrogen-bond acceptors (Lipinski definition) is 3. The Morgan fingerprint density at radius 1 is 1.26 bits per heavy atom. The first-order chi connectivity index (χ1) is 9.15. The molecule has 2 aliphatic rings. The van der Waals surface area contributed by atoms with Crippen LogP contribution in [0.25, 0.3) is 0 Å². The van der Waals surface area contributed by atoms with Crippen LogP contribution in [0.1, 0.15) is 24.8 Å². The predicted octanol–water partition coefficient (Wildman–Crippen LogP) is 2.08. The Bertz CT molecular complexity index is 471. The lowest BCUT2D eigenvalue weighted by molar-refractivity contribution is -0.143. The smallest absolute Gasteiger partial charge is 0.321 e. The number of benzene rings is 1. The molecule has 0 amide bonds. The molecule has 4 heteroatoms. The lowest BCUT2D eigenvalue weighted by atomic mass is 9.94. The quantitative estimate of drug-likeness (QED) is 0.874. The molecule has 1 aromatic rings. The lowest BCUT2D eigenvalue weighted by Gasteiger charge is -2.24. The topological polar surface area (TPSA) is 60.8 Å². The average molecular weight is 261 g/mol. The van der Waals surface area contributed by atoms with Crippen LogP contribution in [0, 0.1) is 11.8 Å². The second-order valence-corrected chi connectivity index (χ2v) is 5.73. The van der Waals surface area contributed by atoms with Gasteiger partial charge in [0.05, 0.1) is 0 Å². The van der Waals surface area contributed by atoms with Crippen molar-refractivity contribution in [2.75, 3.05) is 6.54 Å². The molecule has 1 saturated heterocycles. The molecule has 0 bridgehead atoms. The lowest BCUT2D eigenvalue weighted by Crippen LogP contribution is -2.39. The van der Waals surface area contributed by atoms with Gasteiger partial charge in [-0.15, -0.1) is 0 Å². The van der Waals surface area contributed by atoms with Crippen molar-refractivity contribution in [1.82, 2.24) is 4.90 Å². The van der Waals surface area contributed by atoms with Gasteiger partial charge >= 0.3 is 5.97 Å². The summed E-state index contributed by atoms with van der Waals surface area (Å²) in [5, 5.41) is 18.8. The van der Waals surface area contributed by atoms with E-state index in [4.69, 9.17) is 0 Å². The highest BCUT2D eigenvalue weighted by molar-refractivity contribution is 5.74. The molecule has 4 nitrogen and oxygen atoms in total. The minimum atomic E-state index is -0.687. The van der Waals surface area contributed by atoms with Crippen molar-refractivity contribution in [2.24, 2.45) is 11.8 Å². The number of carboxylic acids is 1. The molecule has 3 atom stereocenters. The van der Waals surface area contributed by atoms with Crippen molar-refractivity contribution < 1.29 is 15.0 Å². The third-order valence-corrected chi connectivity index (χ3v) is 4.56. The van der Waals surface area contributed by atoms with E-state index in [9.17, 15) is 15.0 Å².